The molecule has 1 atom stereocenters. The Balaban J connectivity index is 1.88. The van der Waals surface area contributed by atoms with E-state index >= 15 is 0 Å². The Bertz CT molecular complexity index is 426. The molecule has 0 spiro atoms. The van der Waals surface area contributed by atoms with Crippen molar-refractivity contribution >= 4 is 17.7 Å². The Kier molecular flexibility index (Phi) is 4.85. The summed E-state index contributed by atoms with van der Waals surface area (Å²) in [5.41, 5.74) is 0. The molecule has 1 amide bonds. The maximum Gasteiger partial charge on any atom is 0.235 e. The standard InChI is InChI=1S/C13H22N4OS/c1-4-11-14-13(16-15-11)19-10(3)12(18)17-7-5-9(2)6-8-17/h9-10H,4-8H2,1-3H3,(H,14,15,16). The molecule has 106 valence electrons. The number of nitrogens with one attached hydrogen (secondary N) is 1. The van der Waals surface area contributed by atoms with Gasteiger partial charge in [-0.3, -0.25) is 9.89 Å². The molecule has 0 radical (unpaired) electrons. The normalized spacial score (nSPS) is 18.6. The van der Waals surface area contributed by atoms with Gasteiger partial charge in [0.05, 0.1) is 5.25 Å². The third-order valence-corrected chi connectivity index (χ3v) is 4.52. The molecule has 1 unspecified atom stereocenters. The number of carbonyl (C=O) groups excluding carboxylic acids is 1. The highest BCUT2D eigenvalue weighted by atomic mass is 32.2. The number of aromatic nitrogens is 3. The molecule has 1 aromatic heterocycles. The lowest BCUT2D eigenvalue weighted by atomic mass is 9.99. The number of H-pyrrole nitrogens is 1. The fraction of sp³-hybridized carbons (Fsp3) is 0.769. The van der Waals surface area contributed by atoms with Crippen LogP contribution in [0.25, 0.3) is 0 Å². The second kappa shape index (κ2) is 6.41. The lowest BCUT2D eigenvalue weighted by molar-refractivity contribution is -0.131. The van der Waals surface area contributed by atoms with E-state index in [0.29, 0.717) is 5.16 Å². The Morgan fingerprint density at radius 3 is 2.79 bits per heavy atom. The first-order chi connectivity index (χ1) is 9.10. The number of thioether (sulfide) groups is 1. The van der Waals surface area contributed by atoms with E-state index in [2.05, 4.69) is 22.1 Å². The fourth-order valence-electron chi connectivity index (χ4n) is 2.18. The number of carbonyl (C=O) groups is 1. The Morgan fingerprint density at radius 2 is 2.21 bits per heavy atom. The van der Waals surface area contributed by atoms with Crippen molar-refractivity contribution in [3.05, 3.63) is 5.82 Å². The summed E-state index contributed by atoms with van der Waals surface area (Å²) in [4.78, 5) is 18.6. The summed E-state index contributed by atoms with van der Waals surface area (Å²) >= 11 is 1.44. The zero-order valence-electron chi connectivity index (χ0n) is 11.8. The van der Waals surface area contributed by atoms with Gasteiger partial charge in [-0.25, -0.2) is 4.98 Å². The molecule has 0 saturated carbocycles. The van der Waals surface area contributed by atoms with Crippen molar-refractivity contribution in [2.45, 2.75) is 50.4 Å². The van der Waals surface area contributed by atoms with Crippen molar-refractivity contribution in [3.8, 4) is 0 Å². The molecule has 0 bridgehead atoms. The number of amides is 1. The van der Waals surface area contributed by atoms with Crippen LogP contribution in [0, 0.1) is 5.92 Å². The second-order valence-electron chi connectivity index (χ2n) is 5.19. The highest BCUT2D eigenvalue weighted by Gasteiger charge is 2.25. The maximum atomic E-state index is 12.3. The second-order valence-corrected chi connectivity index (χ2v) is 6.49. The van der Waals surface area contributed by atoms with Crippen LogP contribution < -0.4 is 0 Å². The number of likely N-dealkylation sites (tertiary alicyclic amines) is 1. The van der Waals surface area contributed by atoms with Crippen molar-refractivity contribution in [1.29, 1.82) is 0 Å². The van der Waals surface area contributed by atoms with Crippen molar-refractivity contribution < 1.29 is 4.79 Å². The number of aryl methyl sites for hydroxylation is 1. The van der Waals surface area contributed by atoms with Gasteiger partial charge in [0.1, 0.15) is 5.82 Å². The molecule has 1 aliphatic heterocycles. The molecular weight excluding hydrogens is 260 g/mol. The van der Waals surface area contributed by atoms with Crippen LogP contribution in [0.5, 0.6) is 0 Å². The average molecular weight is 282 g/mol. The van der Waals surface area contributed by atoms with Crippen molar-refractivity contribution in [2.75, 3.05) is 13.1 Å². The van der Waals surface area contributed by atoms with Crippen LogP contribution in [-0.2, 0) is 11.2 Å². The third-order valence-electron chi connectivity index (χ3n) is 3.57. The van der Waals surface area contributed by atoms with Crippen molar-refractivity contribution in [2.24, 2.45) is 5.92 Å². The predicted molar refractivity (Wildman–Crippen MR) is 76.1 cm³/mol. The maximum absolute atomic E-state index is 12.3. The summed E-state index contributed by atoms with van der Waals surface area (Å²) in [6.07, 6.45) is 3.06. The molecule has 2 heterocycles. The topological polar surface area (TPSA) is 61.9 Å². The van der Waals surface area contributed by atoms with E-state index in [1.807, 2.05) is 18.7 Å². The summed E-state index contributed by atoms with van der Waals surface area (Å²) < 4.78 is 0. The lowest BCUT2D eigenvalue weighted by Gasteiger charge is -2.31. The Morgan fingerprint density at radius 1 is 1.53 bits per heavy atom. The number of hydrogen-bond donors (Lipinski definition) is 1. The van der Waals surface area contributed by atoms with Gasteiger partial charge in [-0.15, -0.1) is 5.10 Å². The smallest absolute Gasteiger partial charge is 0.235 e. The van der Waals surface area contributed by atoms with E-state index in [9.17, 15) is 4.79 Å². The number of nitrogens with zero attached hydrogens (tertiary/aromatic N) is 3. The SMILES string of the molecule is CCc1nc(SC(C)C(=O)N2CCC(C)CC2)n[nH]1. The van der Waals surface area contributed by atoms with E-state index in [-0.39, 0.29) is 11.2 Å². The largest absolute Gasteiger partial charge is 0.342 e. The first-order valence-corrected chi connectivity index (χ1v) is 7.84. The third kappa shape index (κ3) is 3.72. The number of piperidine rings is 1. The number of rotatable bonds is 4. The molecule has 1 fully saturated rings. The molecule has 2 rings (SSSR count). The predicted octanol–water partition coefficient (Wildman–Crippen LogP) is 2.11. The van der Waals surface area contributed by atoms with Gasteiger partial charge in [0, 0.05) is 19.5 Å². The zero-order valence-corrected chi connectivity index (χ0v) is 12.7. The highest BCUT2D eigenvalue weighted by molar-refractivity contribution is 8.00. The van der Waals surface area contributed by atoms with Crippen LogP contribution in [-0.4, -0.2) is 44.3 Å². The minimum atomic E-state index is -0.117. The van der Waals surface area contributed by atoms with E-state index in [1.165, 1.54) is 11.8 Å². The summed E-state index contributed by atoms with van der Waals surface area (Å²) in [5.74, 6) is 1.82. The Labute approximate surface area is 118 Å². The van der Waals surface area contributed by atoms with Gasteiger partial charge in [0.15, 0.2) is 0 Å². The molecule has 1 aliphatic rings. The quantitative estimate of drug-likeness (QED) is 0.859. The summed E-state index contributed by atoms with van der Waals surface area (Å²) in [5, 5.41) is 7.55. The number of aromatic amines is 1. The van der Waals surface area contributed by atoms with E-state index in [0.717, 1.165) is 44.1 Å². The van der Waals surface area contributed by atoms with Gasteiger partial charge >= 0.3 is 0 Å². The minimum Gasteiger partial charge on any atom is -0.342 e. The van der Waals surface area contributed by atoms with Crippen molar-refractivity contribution in [3.63, 3.8) is 0 Å². The first-order valence-electron chi connectivity index (χ1n) is 6.96. The van der Waals surface area contributed by atoms with Gasteiger partial charge in [-0.1, -0.05) is 25.6 Å². The van der Waals surface area contributed by atoms with Crippen LogP contribution in [0.1, 0.15) is 39.4 Å². The molecule has 1 aromatic rings. The van der Waals surface area contributed by atoms with Crippen LogP contribution in [0.2, 0.25) is 0 Å². The molecule has 5 nitrogen and oxygen atoms in total. The zero-order chi connectivity index (χ0) is 13.8. The lowest BCUT2D eigenvalue weighted by Crippen LogP contribution is -2.41. The molecule has 1 N–H and O–H groups in total. The van der Waals surface area contributed by atoms with Crippen LogP contribution in [0.3, 0.4) is 0 Å². The molecule has 0 aromatic carbocycles. The highest BCUT2D eigenvalue weighted by Crippen LogP contribution is 2.23. The minimum absolute atomic E-state index is 0.117. The summed E-state index contributed by atoms with van der Waals surface area (Å²) in [7, 11) is 0. The summed E-state index contributed by atoms with van der Waals surface area (Å²) in [6, 6.07) is 0. The molecule has 1 saturated heterocycles. The van der Waals surface area contributed by atoms with Crippen LogP contribution in [0.15, 0.2) is 5.16 Å². The number of hydrogen-bond acceptors (Lipinski definition) is 4. The van der Waals surface area contributed by atoms with Crippen LogP contribution in [0.4, 0.5) is 0 Å². The van der Waals surface area contributed by atoms with E-state index in [1.54, 1.807) is 0 Å². The van der Waals surface area contributed by atoms with E-state index in [4.69, 9.17) is 0 Å². The van der Waals surface area contributed by atoms with Gasteiger partial charge in [0.25, 0.3) is 0 Å². The van der Waals surface area contributed by atoms with Gasteiger partial charge in [-0.05, 0) is 25.7 Å². The molecule has 19 heavy (non-hydrogen) atoms. The Hall–Kier alpha value is -1.04. The molecule has 0 aliphatic carbocycles. The fourth-order valence-corrected chi connectivity index (χ4v) is 3.01. The summed E-state index contributed by atoms with van der Waals surface area (Å²) in [6.45, 7) is 7.99. The van der Waals surface area contributed by atoms with Gasteiger partial charge < -0.3 is 4.90 Å². The monoisotopic (exact) mass is 282 g/mol. The van der Waals surface area contributed by atoms with Gasteiger partial charge in [-0.2, -0.15) is 0 Å². The van der Waals surface area contributed by atoms with Crippen LogP contribution >= 0.6 is 11.8 Å². The van der Waals surface area contributed by atoms with Gasteiger partial charge in [0.2, 0.25) is 11.1 Å². The van der Waals surface area contributed by atoms with Crippen molar-refractivity contribution in [1.82, 2.24) is 20.1 Å². The first kappa shape index (κ1) is 14.4. The average Bonchev–Trinajstić information content (AvgIpc) is 2.86. The molecule has 6 heteroatoms. The molecular formula is C13H22N4OS. The van der Waals surface area contributed by atoms with E-state index < -0.39 is 0 Å².